The van der Waals surface area contributed by atoms with Gasteiger partial charge in [-0.3, -0.25) is 4.79 Å². The highest BCUT2D eigenvalue weighted by Crippen LogP contribution is 2.26. The molecule has 1 heterocycles. The average Bonchev–Trinajstić information content (AvgIpc) is 2.57. The maximum atomic E-state index is 14.5. The molecule has 0 unspecified atom stereocenters. The van der Waals surface area contributed by atoms with E-state index in [9.17, 15) is 14.0 Å². The summed E-state index contributed by atoms with van der Waals surface area (Å²) >= 11 is 0. The number of pyridine rings is 1. The number of nitrogens with zero attached hydrogens (tertiary/aromatic N) is 1. The van der Waals surface area contributed by atoms with E-state index >= 15 is 0 Å². The van der Waals surface area contributed by atoms with Crippen LogP contribution in [-0.4, -0.2) is 21.7 Å². The number of aryl methyl sites for hydroxylation is 1. The molecule has 0 spiro atoms. The van der Waals surface area contributed by atoms with Crippen LogP contribution in [0.1, 0.15) is 49.4 Å². The van der Waals surface area contributed by atoms with Crippen molar-refractivity contribution < 1.29 is 14.3 Å². The van der Waals surface area contributed by atoms with Crippen molar-refractivity contribution in [3.8, 4) is 0 Å². The molecule has 0 bridgehead atoms. The van der Waals surface area contributed by atoms with E-state index in [1.54, 1.807) is 10.6 Å². The summed E-state index contributed by atoms with van der Waals surface area (Å²) in [5.41, 5.74) is -0.0617. The minimum absolute atomic E-state index is 0.100. The predicted molar refractivity (Wildman–Crippen MR) is 91.3 cm³/mol. The Kier molecular flexibility index (Phi) is 4.55. The van der Waals surface area contributed by atoms with Gasteiger partial charge in [0.25, 0.3) is 0 Å². The number of fused-ring (bicyclic) bond motifs is 1. The quantitative estimate of drug-likeness (QED) is 0.897. The van der Waals surface area contributed by atoms with E-state index < -0.39 is 17.2 Å². The van der Waals surface area contributed by atoms with Crippen LogP contribution >= 0.6 is 0 Å². The number of aromatic carboxylic acids is 1. The van der Waals surface area contributed by atoms with Crippen LogP contribution in [0.5, 0.6) is 0 Å². The van der Waals surface area contributed by atoms with Gasteiger partial charge in [-0.1, -0.05) is 19.3 Å². The smallest absolute Gasteiger partial charge is 0.341 e. The van der Waals surface area contributed by atoms with E-state index in [2.05, 4.69) is 5.32 Å². The first kappa shape index (κ1) is 16.5. The van der Waals surface area contributed by atoms with Crippen LogP contribution in [-0.2, 0) is 6.54 Å². The molecule has 0 radical (unpaired) electrons. The van der Waals surface area contributed by atoms with E-state index in [0.29, 0.717) is 17.7 Å². The number of anilines is 1. The van der Waals surface area contributed by atoms with Gasteiger partial charge in [0.05, 0.1) is 11.2 Å². The molecule has 5 nitrogen and oxygen atoms in total. The summed E-state index contributed by atoms with van der Waals surface area (Å²) < 4.78 is 16.1. The highest BCUT2D eigenvalue weighted by Gasteiger charge is 2.19. The summed E-state index contributed by atoms with van der Waals surface area (Å²) in [4.78, 5) is 23.5. The van der Waals surface area contributed by atoms with Crippen LogP contribution in [0.4, 0.5) is 10.1 Å². The highest BCUT2D eigenvalue weighted by molar-refractivity contribution is 5.93. The lowest BCUT2D eigenvalue weighted by Crippen LogP contribution is -2.23. The van der Waals surface area contributed by atoms with Crippen molar-refractivity contribution in [2.45, 2.75) is 51.6 Å². The fourth-order valence-electron chi connectivity index (χ4n) is 3.40. The van der Waals surface area contributed by atoms with Crippen molar-refractivity contribution in [2.75, 3.05) is 5.32 Å². The van der Waals surface area contributed by atoms with E-state index in [-0.39, 0.29) is 17.0 Å². The zero-order valence-corrected chi connectivity index (χ0v) is 13.6. The third kappa shape index (κ3) is 3.00. The summed E-state index contributed by atoms with van der Waals surface area (Å²) in [6.45, 7) is 2.35. The molecule has 1 saturated carbocycles. The SMILES string of the molecule is CCn1cc(C(=O)O)c(=O)c2cc(F)c(NC3CCCCC3)cc21. The van der Waals surface area contributed by atoms with Gasteiger partial charge in [-0.2, -0.15) is 0 Å². The Hall–Kier alpha value is -2.37. The summed E-state index contributed by atoms with van der Waals surface area (Å²) in [5.74, 6) is -1.82. The Morgan fingerprint density at radius 1 is 1.33 bits per heavy atom. The molecular weight excluding hydrogens is 311 g/mol. The average molecular weight is 332 g/mol. The van der Waals surface area contributed by atoms with Gasteiger partial charge in [-0.25, -0.2) is 9.18 Å². The van der Waals surface area contributed by atoms with E-state index in [4.69, 9.17) is 5.11 Å². The Labute approximate surface area is 139 Å². The fourth-order valence-corrected chi connectivity index (χ4v) is 3.40. The zero-order valence-electron chi connectivity index (χ0n) is 13.6. The Morgan fingerprint density at radius 2 is 2.04 bits per heavy atom. The van der Waals surface area contributed by atoms with Crippen LogP contribution in [0.25, 0.3) is 10.9 Å². The van der Waals surface area contributed by atoms with Gasteiger partial charge in [0.15, 0.2) is 0 Å². The molecule has 0 saturated heterocycles. The normalized spacial score (nSPS) is 15.6. The van der Waals surface area contributed by atoms with Gasteiger partial charge in [0, 0.05) is 24.2 Å². The van der Waals surface area contributed by atoms with E-state index in [0.717, 1.165) is 31.7 Å². The maximum Gasteiger partial charge on any atom is 0.341 e. The van der Waals surface area contributed by atoms with Crippen LogP contribution in [0.15, 0.2) is 23.1 Å². The number of hydrogen-bond acceptors (Lipinski definition) is 3. The molecule has 1 aromatic heterocycles. The molecule has 0 atom stereocenters. The van der Waals surface area contributed by atoms with Crippen LogP contribution in [0.2, 0.25) is 0 Å². The second kappa shape index (κ2) is 6.63. The molecule has 24 heavy (non-hydrogen) atoms. The highest BCUT2D eigenvalue weighted by atomic mass is 19.1. The number of nitrogens with one attached hydrogen (secondary N) is 1. The second-order valence-corrected chi connectivity index (χ2v) is 6.29. The third-order valence-corrected chi connectivity index (χ3v) is 4.70. The Balaban J connectivity index is 2.10. The zero-order chi connectivity index (χ0) is 17.3. The van der Waals surface area contributed by atoms with Crippen molar-refractivity contribution in [1.29, 1.82) is 0 Å². The lowest BCUT2D eigenvalue weighted by molar-refractivity contribution is 0.0695. The van der Waals surface area contributed by atoms with E-state index in [1.807, 2.05) is 6.92 Å². The van der Waals surface area contributed by atoms with Gasteiger partial charge in [0.1, 0.15) is 11.4 Å². The van der Waals surface area contributed by atoms with Gasteiger partial charge >= 0.3 is 5.97 Å². The second-order valence-electron chi connectivity index (χ2n) is 6.29. The molecule has 1 aromatic carbocycles. The van der Waals surface area contributed by atoms with Crippen LogP contribution in [0, 0.1) is 5.82 Å². The number of aromatic nitrogens is 1. The van der Waals surface area contributed by atoms with Crippen molar-refractivity contribution in [3.05, 3.63) is 39.9 Å². The van der Waals surface area contributed by atoms with Crippen LogP contribution < -0.4 is 10.7 Å². The largest absolute Gasteiger partial charge is 0.477 e. The number of rotatable bonds is 4. The lowest BCUT2D eigenvalue weighted by atomic mass is 9.95. The molecular formula is C18H21FN2O3. The standard InChI is InChI=1S/C18H21FN2O3/c1-2-21-10-13(18(23)24)17(22)12-8-14(19)15(9-16(12)21)20-11-6-4-3-5-7-11/h8-11,20H,2-7H2,1H3,(H,23,24). The summed E-state index contributed by atoms with van der Waals surface area (Å²) in [6, 6.07) is 3.02. The number of halogens is 1. The monoisotopic (exact) mass is 332 g/mol. The number of benzene rings is 1. The maximum absolute atomic E-state index is 14.5. The molecule has 6 heteroatoms. The Bertz CT molecular complexity index is 838. The summed E-state index contributed by atoms with van der Waals surface area (Å²) in [7, 11) is 0. The summed E-state index contributed by atoms with van der Waals surface area (Å²) in [6.07, 6.45) is 6.83. The molecule has 1 aliphatic carbocycles. The Morgan fingerprint density at radius 3 is 2.67 bits per heavy atom. The third-order valence-electron chi connectivity index (χ3n) is 4.70. The predicted octanol–water partition coefficient (Wildman–Crippen LogP) is 3.60. The van der Waals surface area contributed by atoms with Crippen molar-refractivity contribution in [3.63, 3.8) is 0 Å². The number of carboxylic acid groups (broad SMARTS) is 1. The van der Waals surface area contributed by atoms with Crippen LogP contribution in [0.3, 0.4) is 0 Å². The molecule has 1 aliphatic rings. The molecule has 0 amide bonds. The number of carboxylic acids is 1. The first-order chi connectivity index (χ1) is 11.5. The van der Waals surface area contributed by atoms with E-state index in [1.165, 1.54) is 12.6 Å². The summed E-state index contributed by atoms with van der Waals surface area (Å²) in [5, 5.41) is 12.5. The molecule has 3 rings (SSSR count). The first-order valence-electron chi connectivity index (χ1n) is 8.37. The topological polar surface area (TPSA) is 71.3 Å². The number of carbonyl (C=O) groups is 1. The number of hydrogen-bond donors (Lipinski definition) is 2. The molecule has 2 aromatic rings. The minimum Gasteiger partial charge on any atom is -0.477 e. The van der Waals surface area contributed by atoms with Gasteiger partial charge in [-0.05, 0) is 31.9 Å². The molecule has 1 fully saturated rings. The molecule has 2 N–H and O–H groups in total. The first-order valence-corrected chi connectivity index (χ1v) is 8.37. The van der Waals surface area contributed by atoms with Crippen molar-refractivity contribution in [1.82, 2.24) is 4.57 Å². The van der Waals surface area contributed by atoms with Crippen molar-refractivity contribution in [2.24, 2.45) is 0 Å². The van der Waals surface area contributed by atoms with Gasteiger partial charge < -0.3 is 15.0 Å². The minimum atomic E-state index is -1.30. The van der Waals surface area contributed by atoms with Gasteiger partial charge in [-0.15, -0.1) is 0 Å². The molecule has 128 valence electrons. The van der Waals surface area contributed by atoms with Crippen molar-refractivity contribution >= 4 is 22.6 Å². The molecule has 0 aliphatic heterocycles. The van der Waals surface area contributed by atoms with Gasteiger partial charge in [0.2, 0.25) is 5.43 Å². The fraction of sp³-hybridized carbons (Fsp3) is 0.444. The lowest BCUT2D eigenvalue weighted by Gasteiger charge is -2.24.